The number of aliphatic hydroxyl groups excluding tert-OH is 1. The SMILES string of the molecule is O=S(=O)(c1ccc2c(c1)CCCC2)N1CCN(CC(O)COc2ccc(F)cc2)CC1. The fraction of sp³-hybridized carbons (Fsp3) is 0.478. The molecule has 4 rings (SSSR count). The Labute approximate surface area is 183 Å². The number of aliphatic hydroxyl groups is 1. The zero-order chi connectivity index (χ0) is 21.8. The van der Waals surface area contributed by atoms with Gasteiger partial charge >= 0.3 is 0 Å². The highest BCUT2D eigenvalue weighted by Gasteiger charge is 2.29. The standard InChI is InChI=1S/C23H29FN2O4S/c24-20-6-8-22(9-7-20)30-17-21(27)16-25-11-13-26(14-12-25)31(28,29)23-10-5-18-3-1-2-4-19(18)15-23/h5-10,15,21,27H,1-4,11-14,16-17H2. The lowest BCUT2D eigenvalue weighted by atomic mass is 9.92. The molecule has 0 aromatic heterocycles. The van der Waals surface area contributed by atoms with Crippen molar-refractivity contribution in [3.8, 4) is 5.75 Å². The van der Waals surface area contributed by atoms with Gasteiger partial charge in [0.1, 0.15) is 24.3 Å². The minimum absolute atomic E-state index is 0.0965. The molecule has 1 fully saturated rings. The molecule has 2 aromatic rings. The van der Waals surface area contributed by atoms with Crippen molar-refractivity contribution in [2.75, 3.05) is 39.3 Å². The van der Waals surface area contributed by atoms with Crippen LogP contribution in [0.1, 0.15) is 24.0 Å². The lowest BCUT2D eigenvalue weighted by molar-refractivity contribution is 0.0569. The van der Waals surface area contributed by atoms with Crippen LogP contribution in [0.25, 0.3) is 0 Å². The lowest BCUT2D eigenvalue weighted by Gasteiger charge is -2.35. The van der Waals surface area contributed by atoms with Crippen molar-refractivity contribution in [2.24, 2.45) is 0 Å². The summed E-state index contributed by atoms with van der Waals surface area (Å²) in [4.78, 5) is 2.42. The van der Waals surface area contributed by atoms with E-state index in [2.05, 4.69) is 0 Å². The number of β-amino-alcohol motifs (C(OH)–C–C–N with tert-alkyl or cyclic N) is 1. The largest absolute Gasteiger partial charge is 0.491 e. The van der Waals surface area contributed by atoms with E-state index in [0.29, 0.717) is 43.4 Å². The summed E-state index contributed by atoms with van der Waals surface area (Å²) in [5, 5.41) is 10.3. The Morgan fingerprint density at radius 3 is 2.35 bits per heavy atom. The molecule has 1 aliphatic heterocycles. The molecular weight excluding hydrogens is 419 g/mol. The highest BCUT2D eigenvalue weighted by Crippen LogP contribution is 2.26. The summed E-state index contributed by atoms with van der Waals surface area (Å²) in [6.45, 7) is 2.39. The van der Waals surface area contributed by atoms with Crippen LogP contribution < -0.4 is 4.74 Å². The van der Waals surface area contributed by atoms with E-state index in [1.165, 1.54) is 40.6 Å². The van der Waals surface area contributed by atoms with Crippen LogP contribution in [-0.2, 0) is 22.9 Å². The summed E-state index contributed by atoms with van der Waals surface area (Å²) < 4.78 is 46.2. The van der Waals surface area contributed by atoms with E-state index in [1.54, 1.807) is 6.07 Å². The van der Waals surface area contributed by atoms with Crippen molar-refractivity contribution in [3.05, 3.63) is 59.4 Å². The van der Waals surface area contributed by atoms with Crippen molar-refractivity contribution in [1.29, 1.82) is 0 Å². The Kier molecular flexibility index (Phi) is 6.91. The highest BCUT2D eigenvalue weighted by atomic mass is 32.2. The number of hydrogen-bond donors (Lipinski definition) is 1. The summed E-state index contributed by atoms with van der Waals surface area (Å²) in [5.74, 6) is 0.164. The van der Waals surface area contributed by atoms with Gasteiger partial charge in [-0.15, -0.1) is 0 Å². The van der Waals surface area contributed by atoms with Crippen molar-refractivity contribution in [2.45, 2.75) is 36.7 Å². The zero-order valence-corrected chi connectivity index (χ0v) is 18.4. The first-order chi connectivity index (χ1) is 14.9. The smallest absolute Gasteiger partial charge is 0.243 e. The molecule has 1 saturated heterocycles. The third-order valence-corrected chi connectivity index (χ3v) is 7.91. The number of ether oxygens (including phenoxy) is 1. The van der Waals surface area contributed by atoms with Crippen LogP contribution in [0.3, 0.4) is 0 Å². The number of benzene rings is 2. The van der Waals surface area contributed by atoms with E-state index in [0.717, 1.165) is 24.8 Å². The minimum Gasteiger partial charge on any atom is -0.491 e. The topological polar surface area (TPSA) is 70.1 Å². The molecule has 8 heteroatoms. The van der Waals surface area contributed by atoms with Gasteiger partial charge in [-0.2, -0.15) is 4.31 Å². The first kappa shape index (κ1) is 22.2. The van der Waals surface area contributed by atoms with Crippen LogP contribution in [0, 0.1) is 5.82 Å². The molecule has 168 valence electrons. The Hall–Kier alpha value is -2.00. The van der Waals surface area contributed by atoms with Gasteiger partial charge in [-0.05, 0) is 73.2 Å². The van der Waals surface area contributed by atoms with E-state index in [1.807, 2.05) is 17.0 Å². The maximum Gasteiger partial charge on any atom is 0.243 e. The fourth-order valence-corrected chi connectivity index (χ4v) is 5.72. The third-order valence-electron chi connectivity index (χ3n) is 6.01. The van der Waals surface area contributed by atoms with E-state index in [4.69, 9.17) is 4.74 Å². The van der Waals surface area contributed by atoms with Gasteiger partial charge in [0.15, 0.2) is 0 Å². The Balaban J connectivity index is 1.28. The maximum atomic E-state index is 13.1. The van der Waals surface area contributed by atoms with Gasteiger partial charge in [0.2, 0.25) is 10.0 Å². The summed E-state index contributed by atoms with van der Waals surface area (Å²) >= 11 is 0. The molecule has 2 aromatic carbocycles. The Bertz CT molecular complexity index is 989. The van der Waals surface area contributed by atoms with Gasteiger partial charge in [0, 0.05) is 32.7 Å². The quantitative estimate of drug-likeness (QED) is 0.705. The van der Waals surface area contributed by atoms with Crippen molar-refractivity contribution >= 4 is 10.0 Å². The minimum atomic E-state index is -3.51. The molecule has 6 nitrogen and oxygen atoms in total. The third kappa shape index (κ3) is 5.44. The van der Waals surface area contributed by atoms with E-state index >= 15 is 0 Å². The molecule has 2 aliphatic rings. The second-order valence-corrected chi connectivity index (χ2v) is 10.2. The van der Waals surface area contributed by atoms with Crippen LogP contribution in [0.2, 0.25) is 0 Å². The summed E-state index contributed by atoms with van der Waals surface area (Å²) in [5.41, 5.74) is 2.43. The summed E-state index contributed by atoms with van der Waals surface area (Å²) in [7, 11) is -3.51. The first-order valence-corrected chi connectivity index (χ1v) is 12.3. The van der Waals surface area contributed by atoms with E-state index in [9.17, 15) is 17.9 Å². The van der Waals surface area contributed by atoms with Gasteiger partial charge < -0.3 is 9.84 Å². The summed E-state index contributed by atoms with van der Waals surface area (Å²) in [6.07, 6.45) is 3.55. The van der Waals surface area contributed by atoms with Gasteiger partial charge in [0.05, 0.1) is 4.90 Å². The monoisotopic (exact) mass is 448 g/mol. The molecule has 0 amide bonds. The molecule has 31 heavy (non-hydrogen) atoms. The zero-order valence-electron chi connectivity index (χ0n) is 17.5. The number of rotatable bonds is 7. The summed E-state index contributed by atoms with van der Waals surface area (Å²) in [6, 6.07) is 11.2. The van der Waals surface area contributed by atoms with Crippen molar-refractivity contribution in [1.82, 2.24) is 9.21 Å². The molecular formula is C23H29FN2O4S. The van der Waals surface area contributed by atoms with Crippen LogP contribution in [0.4, 0.5) is 4.39 Å². The Morgan fingerprint density at radius 1 is 0.968 bits per heavy atom. The average Bonchev–Trinajstić information content (AvgIpc) is 2.79. The normalized spacial score (nSPS) is 19.0. The molecule has 1 heterocycles. The van der Waals surface area contributed by atoms with E-state index < -0.39 is 16.1 Å². The molecule has 0 bridgehead atoms. The van der Waals surface area contributed by atoms with Crippen molar-refractivity contribution in [3.63, 3.8) is 0 Å². The molecule has 0 spiro atoms. The molecule has 0 radical (unpaired) electrons. The van der Waals surface area contributed by atoms with Gasteiger partial charge in [-0.25, -0.2) is 12.8 Å². The average molecular weight is 449 g/mol. The fourth-order valence-electron chi connectivity index (χ4n) is 4.25. The highest BCUT2D eigenvalue weighted by molar-refractivity contribution is 7.89. The van der Waals surface area contributed by atoms with Gasteiger partial charge in [-0.1, -0.05) is 6.07 Å². The van der Waals surface area contributed by atoms with Crippen LogP contribution in [-0.4, -0.2) is 68.2 Å². The number of aryl methyl sites for hydroxylation is 2. The number of piperazine rings is 1. The molecule has 1 aliphatic carbocycles. The number of nitrogens with zero attached hydrogens (tertiary/aromatic N) is 2. The number of sulfonamides is 1. The van der Waals surface area contributed by atoms with E-state index in [-0.39, 0.29) is 12.4 Å². The van der Waals surface area contributed by atoms with Crippen LogP contribution >= 0.6 is 0 Å². The molecule has 1 unspecified atom stereocenters. The molecule has 0 saturated carbocycles. The van der Waals surface area contributed by atoms with Gasteiger partial charge in [0.25, 0.3) is 0 Å². The van der Waals surface area contributed by atoms with Crippen LogP contribution in [0.15, 0.2) is 47.4 Å². The lowest BCUT2D eigenvalue weighted by Crippen LogP contribution is -2.50. The predicted molar refractivity (Wildman–Crippen MR) is 116 cm³/mol. The van der Waals surface area contributed by atoms with Crippen LogP contribution in [0.5, 0.6) is 5.75 Å². The van der Waals surface area contributed by atoms with Crippen molar-refractivity contribution < 1.29 is 22.7 Å². The first-order valence-electron chi connectivity index (χ1n) is 10.8. The second-order valence-electron chi connectivity index (χ2n) is 8.26. The maximum absolute atomic E-state index is 13.1. The Morgan fingerprint density at radius 2 is 1.65 bits per heavy atom. The predicted octanol–water partition coefficient (Wildman–Crippen LogP) is 2.45. The molecule has 1 atom stereocenters. The number of fused-ring (bicyclic) bond motifs is 1. The number of halogens is 1. The van der Waals surface area contributed by atoms with Gasteiger partial charge in [-0.3, -0.25) is 4.90 Å². The molecule has 1 N–H and O–H groups in total. The second kappa shape index (κ2) is 9.65. The number of hydrogen-bond acceptors (Lipinski definition) is 5.